The number of aromatic nitrogens is 1. The third-order valence-corrected chi connectivity index (χ3v) is 1.49. The summed E-state index contributed by atoms with van der Waals surface area (Å²) in [7, 11) is 0. The molecule has 1 aromatic rings. The van der Waals surface area contributed by atoms with Gasteiger partial charge in [-0.25, -0.2) is 0 Å². The molecule has 0 fully saturated rings. The van der Waals surface area contributed by atoms with Crippen molar-refractivity contribution in [3.8, 4) is 5.75 Å². The molecule has 1 aromatic heterocycles. The smallest absolute Gasteiger partial charge is 0.133 e. The molecule has 0 saturated carbocycles. The molecule has 0 amide bonds. The fourth-order valence-corrected chi connectivity index (χ4v) is 0.979. The quantitative estimate of drug-likeness (QED) is 0.535. The van der Waals surface area contributed by atoms with Crippen LogP contribution in [0.25, 0.3) is 0 Å². The summed E-state index contributed by atoms with van der Waals surface area (Å²) in [6.07, 6.45) is 8.19. The average molecular weight is 133 g/mol. The summed E-state index contributed by atoms with van der Waals surface area (Å²) >= 11 is 0. The number of hydrogen-bond acceptors (Lipinski definition) is 2. The molecule has 0 bridgehead atoms. The Hall–Kier alpha value is -1.31. The molecule has 0 radical (unpaired) electrons. The summed E-state index contributed by atoms with van der Waals surface area (Å²) in [6, 6.07) is 1.87. The van der Waals surface area contributed by atoms with Crippen molar-refractivity contribution >= 4 is 0 Å². The predicted octanol–water partition coefficient (Wildman–Crippen LogP) is 1.53. The summed E-state index contributed by atoms with van der Waals surface area (Å²) in [5.41, 5.74) is 1.16. The van der Waals surface area contributed by atoms with Crippen LogP contribution in [-0.4, -0.2) is 4.98 Å². The number of ether oxygens (including phenoxy) is 1. The highest BCUT2D eigenvalue weighted by Gasteiger charge is 2.03. The second-order valence-electron chi connectivity index (χ2n) is 2.18. The van der Waals surface area contributed by atoms with E-state index >= 15 is 0 Å². The Labute approximate surface area is 59.2 Å². The van der Waals surface area contributed by atoms with E-state index in [1.165, 1.54) is 0 Å². The molecule has 2 rings (SSSR count). The van der Waals surface area contributed by atoms with Gasteiger partial charge in [0.25, 0.3) is 0 Å². The molecule has 50 valence electrons. The second-order valence-corrected chi connectivity index (χ2v) is 2.18. The molecule has 0 aliphatic carbocycles. The lowest BCUT2D eigenvalue weighted by atomic mass is 10.2. The maximum Gasteiger partial charge on any atom is 0.133 e. The summed E-state index contributed by atoms with van der Waals surface area (Å²) in [5.74, 6) is 0.928. The van der Waals surface area contributed by atoms with Crippen molar-refractivity contribution in [3.05, 3.63) is 36.4 Å². The van der Waals surface area contributed by atoms with Crippen LogP contribution in [0.4, 0.5) is 0 Å². The lowest BCUT2D eigenvalue weighted by Crippen LogP contribution is -1.95. The van der Waals surface area contributed by atoms with Crippen molar-refractivity contribution < 1.29 is 4.74 Å². The van der Waals surface area contributed by atoms with Crippen LogP contribution in [0.1, 0.15) is 5.56 Å². The molecule has 0 spiro atoms. The van der Waals surface area contributed by atoms with E-state index in [-0.39, 0.29) is 0 Å². The fourth-order valence-electron chi connectivity index (χ4n) is 0.979. The standard InChI is InChI=1S/C8H7NO/c1-2-7-6-9-4-3-8(7)10-5-1/h1,3-6H,2H2. The maximum absolute atomic E-state index is 5.20. The van der Waals surface area contributed by atoms with Gasteiger partial charge in [0.15, 0.2) is 0 Å². The maximum atomic E-state index is 5.20. The highest BCUT2D eigenvalue weighted by atomic mass is 16.5. The number of rotatable bonds is 0. The fraction of sp³-hybridized carbons (Fsp3) is 0.125. The summed E-state index contributed by atoms with van der Waals surface area (Å²) in [6.45, 7) is 0. The van der Waals surface area contributed by atoms with Gasteiger partial charge in [-0.15, -0.1) is 0 Å². The molecule has 0 aromatic carbocycles. The van der Waals surface area contributed by atoms with Crippen molar-refractivity contribution in [2.45, 2.75) is 6.42 Å². The Morgan fingerprint density at radius 2 is 2.50 bits per heavy atom. The topological polar surface area (TPSA) is 22.1 Å². The van der Waals surface area contributed by atoms with Gasteiger partial charge in [0.05, 0.1) is 6.26 Å². The van der Waals surface area contributed by atoms with Crippen LogP contribution >= 0.6 is 0 Å². The highest BCUT2D eigenvalue weighted by molar-refractivity contribution is 5.34. The van der Waals surface area contributed by atoms with Gasteiger partial charge in [0.2, 0.25) is 0 Å². The zero-order valence-electron chi connectivity index (χ0n) is 5.45. The Balaban J connectivity index is 2.47. The van der Waals surface area contributed by atoms with E-state index in [4.69, 9.17) is 4.74 Å². The highest BCUT2D eigenvalue weighted by Crippen LogP contribution is 2.20. The zero-order chi connectivity index (χ0) is 6.81. The van der Waals surface area contributed by atoms with Gasteiger partial charge in [-0.3, -0.25) is 4.98 Å². The van der Waals surface area contributed by atoms with E-state index in [0.29, 0.717) is 0 Å². The normalized spacial score (nSPS) is 14.0. The first-order valence-electron chi connectivity index (χ1n) is 3.21. The Kier molecular flexibility index (Phi) is 1.17. The molecule has 2 heteroatoms. The molecule has 0 atom stereocenters. The van der Waals surface area contributed by atoms with Gasteiger partial charge in [-0.1, -0.05) is 0 Å². The average Bonchev–Trinajstić information content (AvgIpc) is 2.05. The lowest BCUT2D eigenvalue weighted by molar-refractivity contribution is 0.463. The van der Waals surface area contributed by atoms with E-state index in [2.05, 4.69) is 4.98 Å². The van der Waals surface area contributed by atoms with Crippen molar-refractivity contribution in [2.75, 3.05) is 0 Å². The van der Waals surface area contributed by atoms with Gasteiger partial charge in [0.1, 0.15) is 5.75 Å². The van der Waals surface area contributed by atoms with E-state index in [1.54, 1.807) is 12.5 Å². The number of fused-ring (bicyclic) bond motifs is 1. The number of nitrogens with zero attached hydrogens (tertiary/aromatic N) is 1. The Morgan fingerprint density at radius 3 is 3.40 bits per heavy atom. The van der Waals surface area contributed by atoms with Gasteiger partial charge >= 0.3 is 0 Å². The van der Waals surface area contributed by atoms with Crippen molar-refractivity contribution in [2.24, 2.45) is 0 Å². The van der Waals surface area contributed by atoms with E-state index < -0.39 is 0 Å². The largest absolute Gasteiger partial charge is 0.465 e. The lowest BCUT2D eigenvalue weighted by Gasteiger charge is -2.08. The Morgan fingerprint density at radius 1 is 1.50 bits per heavy atom. The van der Waals surface area contributed by atoms with Crippen LogP contribution in [0.5, 0.6) is 5.75 Å². The molecule has 1 aliphatic heterocycles. The van der Waals surface area contributed by atoms with Crippen LogP contribution in [0.15, 0.2) is 30.8 Å². The summed E-state index contributed by atoms with van der Waals surface area (Å²) in [5, 5.41) is 0. The number of pyridine rings is 1. The molecular weight excluding hydrogens is 126 g/mol. The van der Waals surface area contributed by atoms with Gasteiger partial charge in [-0.2, -0.15) is 0 Å². The molecule has 0 unspecified atom stereocenters. The van der Waals surface area contributed by atoms with Crippen LogP contribution < -0.4 is 4.74 Å². The van der Waals surface area contributed by atoms with Crippen LogP contribution in [0.3, 0.4) is 0 Å². The van der Waals surface area contributed by atoms with E-state index in [0.717, 1.165) is 17.7 Å². The minimum Gasteiger partial charge on any atom is -0.465 e. The number of allylic oxidation sites excluding steroid dienone is 1. The van der Waals surface area contributed by atoms with E-state index in [1.807, 2.05) is 18.3 Å². The molecule has 2 nitrogen and oxygen atoms in total. The van der Waals surface area contributed by atoms with Crippen molar-refractivity contribution in [1.82, 2.24) is 4.98 Å². The summed E-state index contributed by atoms with van der Waals surface area (Å²) < 4.78 is 5.20. The SMILES string of the molecule is C1=COc2ccncc2C1. The third kappa shape index (κ3) is 0.778. The third-order valence-electron chi connectivity index (χ3n) is 1.49. The molecule has 10 heavy (non-hydrogen) atoms. The summed E-state index contributed by atoms with van der Waals surface area (Å²) in [4.78, 5) is 3.98. The van der Waals surface area contributed by atoms with Gasteiger partial charge in [-0.05, 0) is 18.6 Å². The van der Waals surface area contributed by atoms with Gasteiger partial charge in [0, 0.05) is 18.0 Å². The molecule has 2 heterocycles. The minimum absolute atomic E-state index is 0.928. The van der Waals surface area contributed by atoms with Gasteiger partial charge < -0.3 is 4.74 Å². The second kappa shape index (κ2) is 2.14. The monoisotopic (exact) mass is 133 g/mol. The van der Waals surface area contributed by atoms with E-state index in [9.17, 15) is 0 Å². The van der Waals surface area contributed by atoms with Crippen LogP contribution in [0, 0.1) is 0 Å². The first kappa shape index (κ1) is 5.47. The molecular formula is C8H7NO. The first-order chi connectivity index (χ1) is 4.97. The first-order valence-corrected chi connectivity index (χ1v) is 3.21. The minimum atomic E-state index is 0.928. The molecule has 1 aliphatic rings. The predicted molar refractivity (Wildman–Crippen MR) is 37.7 cm³/mol. The van der Waals surface area contributed by atoms with Crippen LogP contribution in [-0.2, 0) is 6.42 Å². The van der Waals surface area contributed by atoms with Crippen LogP contribution in [0.2, 0.25) is 0 Å². The Bertz CT molecular complexity index is 241. The molecule has 0 saturated heterocycles. The molecule has 0 N–H and O–H groups in total. The number of hydrogen-bond donors (Lipinski definition) is 0. The van der Waals surface area contributed by atoms with Crippen molar-refractivity contribution in [1.29, 1.82) is 0 Å². The van der Waals surface area contributed by atoms with Crippen molar-refractivity contribution in [3.63, 3.8) is 0 Å². The zero-order valence-corrected chi connectivity index (χ0v) is 5.45.